The van der Waals surface area contributed by atoms with E-state index >= 15 is 0 Å². The maximum atomic E-state index is 12.0. The van der Waals surface area contributed by atoms with Crippen molar-refractivity contribution in [3.8, 4) is 0 Å². The molecule has 3 rings (SSSR count). The molecule has 0 saturated heterocycles. The van der Waals surface area contributed by atoms with Crippen LogP contribution in [0.25, 0.3) is 10.2 Å². The topological polar surface area (TPSA) is 80.3 Å². The number of para-hydroxylation sites is 1. The molecule has 140 valence electrons. The largest absolute Gasteiger partial charge is 0.445 e. The number of rotatable bonds is 7. The van der Waals surface area contributed by atoms with Gasteiger partial charge in [-0.1, -0.05) is 53.8 Å². The number of aryl methyl sites for hydroxylation is 1. The summed E-state index contributed by atoms with van der Waals surface area (Å²) in [5.74, 6) is -0.119. The minimum Gasteiger partial charge on any atom is -0.445 e. The van der Waals surface area contributed by atoms with Crippen molar-refractivity contribution in [2.24, 2.45) is 0 Å². The molecule has 0 unspecified atom stereocenters. The minimum absolute atomic E-state index is 0.119. The number of amides is 2. The van der Waals surface area contributed by atoms with Crippen molar-refractivity contribution in [1.82, 2.24) is 10.3 Å². The molecular formula is C20H21N3O3S. The lowest BCUT2D eigenvalue weighted by molar-refractivity contribution is -0.116. The van der Waals surface area contributed by atoms with Gasteiger partial charge in [-0.25, -0.2) is 9.78 Å². The molecule has 2 N–H and O–H groups in total. The molecule has 0 saturated carbocycles. The summed E-state index contributed by atoms with van der Waals surface area (Å²) in [6.07, 6.45) is 0.338. The Hall–Kier alpha value is -2.93. The number of thiazole rings is 1. The van der Waals surface area contributed by atoms with Crippen LogP contribution >= 0.6 is 11.3 Å². The van der Waals surface area contributed by atoms with Crippen molar-refractivity contribution < 1.29 is 14.3 Å². The van der Waals surface area contributed by atoms with Gasteiger partial charge in [-0.15, -0.1) is 0 Å². The van der Waals surface area contributed by atoms with Gasteiger partial charge in [0.05, 0.1) is 10.2 Å². The van der Waals surface area contributed by atoms with Gasteiger partial charge in [0.25, 0.3) is 0 Å². The van der Waals surface area contributed by atoms with Crippen LogP contribution in [0.4, 0.5) is 9.93 Å². The van der Waals surface area contributed by atoms with Crippen LogP contribution in [0.15, 0.2) is 48.5 Å². The molecule has 1 aromatic heterocycles. The van der Waals surface area contributed by atoms with Gasteiger partial charge >= 0.3 is 6.09 Å². The highest BCUT2D eigenvalue weighted by atomic mass is 32.1. The molecular weight excluding hydrogens is 362 g/mol. The van der Waals surface area contributed by atoms with E-state index in [1.165, 1.54) is 11.3 Å². The van der Waals surface area contributed by atoms with Crippen LogP contribution in [0.2, 0.25) is 0 Å². The van der Waals surface area contributed by atoms with Crippen LogP contribution in [0.5, 0.6) is 0 Å². The third-order valence-corrected chi connectivity index (χ3v) is 4.87. The van der Waals surface area contributed by atoms with Gasteiger partial charge in [0.1, 0.15) is 6.61 Å². The fourth-order valence-corrected chi connectivity index (χ4v) is 3.49. The van der Waals surface area contributed by atoms with E-state index in [-0.39, 0.29) is 12.5 Å². The smallest absolute Gasteiger partial charge is 0.407 e. The molecule has 3 aromatic rings. The molecule has 0 radical (unpaired) electrons. The molecule has 6 nitrogen and oxygen atoms in total. The standard InChI is InChI=1S/C20H21N3O3S/c1-14-7-5-10-16-18(14)23-19(27-16)22-17(24)11-6-12-21-20(25)26-13-15-8-3-2-4-9-15/h2-5,7-10H,6,11-13H2,1H3,(H,21,25)(H,22,23,24). The van der Waals surface area contributed by atoms with Crippen LogP contribution < -0.4 is 10.6 Å². The predicted molar refractivity (Wildman–Crippen MR) is 107 cm³/mol. The second-order valence-corrected chi connectivity index (χ2v) is 7.11. The number of hydrogen-bond acceptors (Lipinski definition) is 5. The minimum atomic E-state index is -0.485. The van der Waals surface area contributed by atoms with Crippen molar-refractivity contribution in [2.45, 2.75) is 26.4 Å². The number of hydrogen-bond donors (Lipinski definition) is 2. The maximum absolute atomic E-state index is 12.0. The van der Waals surface area contributed by atoms with Gasteiger partial charge in [0.15, 0.2) is 5.13 Å². The van der Waals surface area contributed by atoms with E-state index in [2.05, 4.69) is 15.6 Å². The second kappa shape index (κ2) is 9.14. The average Bonchev–Trinajstić information content (AvgIpc) is 3.08. The number of nitrogens with one attached hydrogen (secondary N) is 2. The number of carbonyl (C=O) groups excluding carboxylic acids is 2. The lowest BCUT2D eigenvalue weighted by atomic mass is 10.2. The summed E-state index contributed by atoms with van der Waals surface area (Å²) < 4.78 is 6.17. The fourth-order valence-electron chi connectivity index (χ4n) is 2.53. The molecule has 2 aromatic carbocycles. The van der Waals surface area contributed by atoms with Crippen molar-refractivity contribution in [3.05, 3.63) is 59.7 Å². The summed E-state index contributed by atoms with van der Waals surface area (Å²) >= 11 is 1.46. The number of alkyl carbamates (subject to hydrolysis) is 1. The van der Waals surface area contributed by atoms with Crippen LogP contribution in [0.3, 0.4) is 0 Å². The zero-order chi connectivity index (χ0) is 19.1. The SMILES string of the molecule is Cc1cccc2sc(NC(=O)CCCNC(=O)OCc3ccccc3)nc12. The average molecular weight is 383 g/mol. The summed E-state index contributed by atoms with van der Waals surface area (Å²) in [5, 5.41) is 6.06. The molecule has 0 aliphatic rings. The molecule has 1 heterocycles. The van der Waals surface area contributed by atoms with E-state index in [9.17, 15) is 9.59 Å². The summed E-state index contributed by atoms with van der Waals surface area (Å²) in [6, 6.07) is 15.4. The number of aromatic nitrogens is 1. The molecule has 0 bridgehead atoms. The number of carbonyl (C=O) groups is 2. The Morgan fingerprint density at radius 1 is 1.11 bits per heavy atom. The van der Waals surface area contributed by atoms with Crippen LogP contribution in [0.1, 0.15) is 24.0 Å². The Bertz CT molecular complexity index is 925. The first-order chi connectivity index (χ1) is 13.1. The van der Waals surface area contributed by atoms with Crippen LogP contribution in [0, 0.1) is 6.92 Å². The predicted octanol–water partition coefficient (Wildman–Crippen LogP) is 4.25. The number of fused-ring (bicyclic) bond motifs is 1. The van der Waals surface area contributed by atoms with Crippen LogP contribution in [-0.2, 0) is 16.1 Å². The van der Waals surface area contributed by atoms with Crippen molar-refractivity contribution in [2.75, 3.05) is 11.9 Å². The Kier molecular flexibility index (Phi) is 6.38. The quantitative estimate of drug-likeness (QED) is 0.598. The zero-order valence-corrected chi connectivity index (χ0v) is 15.8. The molecule has 7 heteroatoms. The van der Waals surface area contributed by atoms with Gasteiger partial charge in [-0.2, -0.15) is 0 Å². The highest BCUT2D eigenvalue weighted by Gasteiger charge is 2.09. The highest BCUT2D eigenvalue weighted by molar-refractivity contribution is 7.22. The van der Waals surface area contributed by atoms with E-state index in [4.69, 9.17) is 4.74 Å². The van der Waals surface area contributed by atoms with Crippen molar-refractivity contribution >= 4 is 38.7 Å². The number of benzene rings is 2. The van der Waals surface area contributed by atoms with Gasteiger partial charge in [-0.3, -0.25) is 4.79 Å². The molecule has 2 amide bonds. The van der Waals surface area contributed by atoms with Gasteiger partial charge in [-0.05, 0) is 30.5 Å². The summed E-state index contributed by atoms with van der Waals surface area (Å²) in [5.41, 5.74) is 2.93. The third-order valence-electron chi connectivity index (χ3n) is 3.93. The summed E-state index contributed by atoms with van der Waals surface area (Å²) in [4.78, 5) is 28.1. The molecule has 0 spiro atoms. The Balaban J connectivity index is 1.35. The molecule has 0 atom stereocenters. The van der Waals surface area contributed by atoms with Gasteiger partial charge < -0.3 is 15.4 Å². The van der Waals surface area contributed by atoms with E-state index in [1.807, 2.05) is 55.5 Å². The van der Waals surface area contributed by atoms with E-state index in [0.29, 0.717) is 24.5 Å². The first-order valence-electron chi connectivity index (χ1n) is 8.72. The van der Waals surface area contributed by atoms with Gasteiger partial charge in [0, 0.05) is 13.0 Å². The van der Waals surface area contributed by atoms with Gasteiger partial charge in [0.2, 0.25) is 5.91 Å². The summed E-state index contributed by atoms with van der Waals surface area (Å²) in [7, 11) is 0. The zero-order valence-electron chi connectivity index (χ0n) is 15.0. The molecule has 0 fully saturated rings. The highest BCUT2D eigenvalue weighted by Crippen LogP contribution is 2.27. The number of ether oxygens (including phenoxy) is 1. The Morgan fingerprint density at radius 2 is 1.93 bits per heavy atom. The van der Waals surface area contributed by atoms with Crippen molar-refractivity contribution in [3.63, 3.8) is 0 Å². The number of anilines is 1. The van der Waals surface area contributed by atoms with E-state index in [0.717, 1.165) is 21.3 Å². The molecule has 27 heavy (non-hydrogen) atoms. The van der Waals surface area contributed by atoms with Crippen molar-refractivity contribution in [1.29, 1.82) is 0 Å². The number of nitrogens with zero attached hydrogens (tertiary/aromatic N) is 1. The third kappa shape index (κ3) is 5.52. The lowest BCUT2D eigenvalue weighted by Crippen LogP contribution is -2.26. The molecule has 0 aliphatic carbocycles. The normalized spacial score (nSPS) is 10.6. The Labute approximate surface area is 161 Å². The Morgan fingerprint density at radius 3 is 2.70 bits per heavy atom. The first kappa shape index (κ1) is 18.8. The fraction of sp³-hybridized carbons (Fsp3) is 0.250. The molecule has 0 aliphatic heterocycles. The second-order valence-electron chi connectivity index (χ2n) is 6.08. The summed E-state index contributed by atoms with van der Waals surface area (Å²) in [6.45, 7) is 2.60. The first-order valence-corrected chi connectivity index (χ1v) is 9.54. The lowest BCUT2D eigenvalue weighted by Gasteiger charge is -2.07. The monoisotopic (exact) mass is 383 g/mol. The van der Waals surface area contributed by atoms with Crippen LogP contribution in [-0.4, -0.2) is 23.5 Å². The van der Waals surface area contributed by atoms with E-state index in [1.54, 1.807) is 0 Å². The van der Waals surface area contributed by atoms with E-state index < -0.39 is 6.09 Å². The maximum Gasteiger partial charge on any atom is 0.407 e.